The van der Waals surface area contributed by atoms with Gasteiger partial charge >= 0.3 is 11.9 Å². The number of esters is 2. The van der Waals surface area contributed by atoms with E-state index >= 15 is 0 Å². The maximum Gasteiger partial charge on any atom is 0.327 e. The summed E-state index contributed by atoms with van der Waals surface area (Å²) in [6.07, 6.45) is 0. The van der Waals surface area contributed by atoms with Gasteiger partial charge in [-0.05, 0) is 0 Å². The van der Waals surface area contributed by atoms with Gasteiger partial charge in [-0.3, -0.25) is 9.59 Å². The van der Waals surface area contributed by atoms with Crippen molar-refractivity contribution in [1.82, 2.24) is 20.2 Å². The number of hydrogen-bond acceptors (Lipinski definition) is 10. The Balaban J connectivity index is 2.08. The summed E-state index contributed by atoms with van der Waals surface area (Å²) in [4.78, 5) is 31.3. The molecule has 1 aromatic carbocycles. The monoisotopic (exact) mass is 386 g/mol. The van der Waals surface area contributed by atoms with Crippen LogP contribution in [-0.2, 0) is 19.1 Å². The van der Waals surface area contributed by atoms with Crippen molar-refractivity contribution in [3.63, 3.8) is 0 Å². The third-order valence-electron chi connectivity index (χ3n) is 3.49. The van der Waals surface area contributed by atoms with Gasteiger partial charge in [-0.2, -0.15) is 0 Å². The minimum atomic E-state index is -1.37. The number of nitrogens with one attached hydrogen (secondary N) is 1. The van der Waals surface area contributed by atoms with Gasteiger partial charge in [-0.1, -0.05) is 41.7 Å². The van der Waals surface area contributed by atoms with Crippen LogP contribution in [0.15, 0.2) is 46.1 Å². The number of carbonyl (C=O) groups is 2. The number of azo groups is 1. The standard InChI is InChI=1S/C16H14N6O4S/c1-25-14(23)10(15(24)26-2)12-18-11(9-6-4-3-5-7-9)13(19-12)20-22-16-21-17-8-27-16/h3-8,10H,1-2H3,(H,18,19). The Morgan fingerprint density at radius 2 is 1.81 bits per heavy atom. The molecule has 0 saturated heterocycles. The van der Waals surface area contributed by atoms with Crippen LogP contribution >= 0.6 is 11.3 Å². The average Bonchev–Trinajstić information content (AvgIpc) is 3.36. The molecular formula is C16H14N6O4S. The number of aromatic nitrogens is 4. The average molecular weight is 386 g/mol. The molecular weight excluding hydrogens is 372 g/mol. The lowest BCUT2D eigenvalue weighted by Crippen LogP contribution is -2.25. The molecule has 1 N–H and O–H groups in total. The Labute approximate surface area is 157 Å². The summed E-state index contributed by atoms with van der Waals surface area (Å²) in [7, 11) is 2.35. The van der Waals surface area contributed by atoms with Crippen molar-refractivity contribution < 1.29 is 19.1 Å². The summed E-state index contributed by atoms with van der Waals surface area (Å²) in [6, 6.07) is 9.17. The summed E-state index contributed by atoms with van der Waals surface area (Å²) < 4.78 is 9.39. The first kappa shape index (κ1) is 18.3. The molecule has 0 unspecified atom stereocenters. The number of imidazole rings is 1. The molecule has 3 rings (SSSR count). The Kier molecular flexibility index (Phi) is 5.61. The zero-order chi connectivity index (χ0) is 19.2. The van der Waals surface area contributed by atoms with Crippen LogP contribution in [0.3, 0.4) is 0 Å². The van der Waals surface area contributed by atoms with E-state index in [0.717, 1.165) is 5.56 Å². The predicted octanol–water partition coefficient (Wildman–Crippen LogP) is 2.77. The van der Waals surface area contributed by atoms with Gasteiger partial charge in [0.2, 0.25) is 11.7 Å². The Hall–Kier alpha value is -3.47. The van der Waals surface area contributed by atoms with E-state index in [4.69, 9.17) is 9.47 Å². The SMILES string of the molecule is COC(=O)C(C(=O)OC)c1nc(N=Nc2nncs2)c(-c2ccccc2)[nH]1. The fourth-order valence-electron chi connectivity index (χ4n) is 2.25. The van der Waals surface area contributed by atoms with E-state index in [-0.39, 0.29) is 11.6 Å². The van der Waals surface area contributed by atoms with Crippen LogP contribution in [-0.4, -0.2) is 46.3 Å². The molecule has 10 nitrogen and oxygen atoms in total. The summed E-state index contributed by atoms with van der Waals surface area (Å²) in [5.74, 6) is -2.75. The first-order valence-corrected chi connectivity index (χ1v) is 8.51. The van der Waals surface area contributed by atoms with E-state index in [1.54, 1.807) is 0 Å². The topological polar surface area (TPSA) is 132 Å². The molecule has 0 aliphatic carbocycles. The van der Waals surface area contributed by atoms with Crippen LogP contribution in [0.1, 0.15) is 11.7 Å². The third-order valence-corrected chi connectivity index (χ3v) is 4.07. The number of ether oxygens (including phenoxy) is 2. The second kappa shape index (κ2) is 8.27. The minimum absolute atomic E-state index is 0.0405. The van der Waals surface area contributed by atoms with Crippen LogP contribution in [0.4, 0.5) is 10.9 Å². The van der Waals surface area contributed by atoms with Crippen molar-refractivity contribution in [3.8, 4) is 11.3 Å². The van der Waals surface area contributed by atoms with E-state index < -0.39 is 17.9 Å². The lowest BCUT2D eigenvalue weighted by atomic mass is 10.1. The number of carbonyl (C=O) groups excluding carboxylic acids is 2. The fraction of sp³-hybridized carbons (Fsp3) is 0.188. The van der Waals surface area contributed by atoms with Crippen molar-refractivity contribution in [2.45, 2.75) is 5.92 Å². The van der Waals surface area contributed by atoms with Crippen molar-refractivity contribution in [1.29, 1.82) is 0 Å². The van der Waals surface area contributed by atoms with E-state index in [2.05, 4.69) is 30.4 Å². The first-order valence-electron chi connectivity index (χ1n) is 7.63. The molecule has 0 spiro atoms. The zero-order valence-corrected chi connectivity index (χ0v) is 15.1. The number of nitrogens with zero attached hydrogens (tertiary/aromatic N) is 5. The quantitative estimate of drug-likeness (QED) is 0.391. The van der Waals surface area contributed by atoms with Crippen molar-refractivity contribution in [3.05, 3.63) is 41.7 Å². The number of H-pyrrole nitrogens is 1. The second-order valence-corrected chi connectivity index (χ2v) is 5.90. The lowest BCUT2D eigenvalue weighted by molar-refractivity contribution is -0.154. The molecule has 11 heteroatoms. The molecule has 2 aromatic heterocycles. The highest BCUT2D eigenvalue weighted by Gasteiger charge is 2.34. The van der Waals surface area contributed by atoms with Crippen molar-refractivity contribution in [2.24, 2.45) is 10.2 Å². The lowest BCUT2D eigenvalue weighted by Gasteiger charge is -2.09. The summed E-state index contributed by atoms with van der Waals surface area (Å²) in [5, 5.41) is 15.9. The molecule has 0 bridgehead atoms. The van der Waals surface area contributed by atoms with Gasteiger partial charge in [0.25, 0.3) is 5.13 Å². The molecule has 27 heavy (non-hydrogen) atoms. The highest BCUT2D eigenvalue weighted by atomic mass is 32.1. The predicted molar refractivity (Wildman–Crippen MR) is 94.9 cm³/mol. The number of benzene rings is 1. The van der Waals surface area contributed by atoms with Crippen LogP contribution in [0.25, 0.3) is 11.3 Å². The normalized spacial score (nSPS) is 11.1. The minimum Gasteiger partial charge on any atom is -0.468 e. The number of aromatic amines is 1. The zero-order valence-electron chi connectivity index (χ0n) is 14.3. The summed E-state index contributed by atoms with van der Waals surface area (Å²) >= 11 is 1.21. The first-order chi connectivity index (χ1) is 13.1. The molecule has 3 aromatic rings. The van der Waals surface area contributed by atoms with E-state index in [9.17, 15) is 9.59 Å². The number of rotatable bonds is 6. The maximum absolute atomic E-state index is 12.1. The van der Waals surface area contributed by atoms with Gasteiger partial charge in [0, 0.05) is 5.56 Å². The largest absolute Gasteiger partial charge is 0.468 e. The number of methoxy groups -OCH3 is 2. The Bertz CT molecular complexity index is 939. The summed E-state index contributed by atoms with van der Waals surface area (Å²) in [5.41, 5.74) is 2.75. The maximum atomic E-state index is 12.1. The van der Waals surface area contributed by atoms with Crippen LogP contribution in [0.5, 0.6) is 0 Å². The molecule has 138 valence electrons. The Morgan fingerprint density at radius 1 is 1.11 bits per heavy atom. The molecule has 0 amide bonds. The van der Waals surface area contributed by atoms with E-state index in [1.807, 2.05) is 30.3 Å². The van der Waals surface area contributed by atoms with Crippen LogP contribution < -0.4 is 0 Å². The van der Waals surface area contributed by atoms with Crippen molar-refractivity contribution >= 4 is 34.2 Å². The summed E-state index contributed by atoms with van der Waals surface area (Å²) in [6.45, 7) is 0. The third kappa shape index (κ3) is 4.03. The molecule has 0 aliphatic rings. The molecule has 0 radical (unpaired) electrons. The highest BCUT2D eigenvalue weighted by Crippen LogP contribution is 2.32. The van der Waals surface area contributed by atoms with E-state index in [0.29, 0.717) is 10.8 Å². The molecule has 0 aliphatic heterocycles. The fourth-order valence-corrected chi connectivity index (χ4v) is 2.62. The van der Waals surface area contributed by atoms with Crippen LogP contribution in [0, 0.1) is 0 Å². The molecule has 2 heterocycles. The smallest absolute Gasteiger partial charge is 0.327 e. The molecule has 0 saturated carbocycles. The van der Waals surface area contributed by atoms with Gasteiger partial charge in [-0.25, -0.2) is 4.98 Å². The highest BCUT2D eigenvalue weighted by molar-refractivity contribution is 7.13. The molecule has 0 atom stereocenters. The van der Waals surface area contributed by atoms with Gasteiger partial charge in [0.15, 0.2) is 0 Å². The van der Waals surface area contributed by atoms with Crippen LogP contribution in [0.2, 0.25) is 0 Å². The number of hydrogen-bond donors (Lipinski definition) is 1. The van der Waals surface area contributed by atoms with Crippen molar-refractivity contribution in [2.75, 3.05) is 14.2 Å². The van der Waals surface area contributed by atoms with Gasteiger partial charge in [0.1, 0.15) is 11.3 Å². The van der Waals surface area contributed by atoms with E-state index in [1.165, 1.54) is 31.1 Å². The Morgan fingerprint density at radius 3 is 2.41 bits per heavy atom. The van der Waals surface area contributed by atoms with Gasteiger partial charge in [0.05, 0.1) is 19.9 Å². The van der Waals surface area contributed by atoms with Gasteiger partial charge < -0.3 is 14.5 Å². The van der Waals surface area contributed by atoms with Gasteiger partial charge in [-0.15, -0.1) is 20.4 Å². The second-order valence-electron chi connectivity index (χ2n) is 5.09. The molecule has 0 fully saturated rings.